The van der Waals surface area contributed by atoms with Crippen LogP contribution in [0.1, 0.15) is 19.3 Å². The Hall–Kier alpha value is -1.26. The molecule has 1 aromatic carbocycles. The Kier molecular flexibility index (Phi) is 6.33. The zero-order valence-corrected chi connectivity index (χ0v) is 13.4. The van der Waals surface area contributed by atoms with Crippen molar-refractivity contribution >= 4 is 5.69 Å². The summed E-state index contributed by atoms with van der Waals surface area (Å²) in [7, 11) is 4.44. The molecule has 0 unspecified atom stereocenters. The number of nitrogens with zero attached hydrogens (tertiary/aromatic N) is 2. The molecule has 0 atom stereocenters. The number of nitrogens with two attached hydrogens (primary N) is 1. The van der Waals surface area contributed by atoms with E-state index in [1.54, 1.807) is 0 Å². The van der Waals surface area contributed by atoms with Crippen LogP contribution in [0.2, 0.25) is 0 Å². The number of anilines is 1. The number of rotatable bonds is 7. The maximum absolute atomic E-state index is 5.73. The Morgan fingerprint density at radius 1 is 1.24 bits per heavy atom. The highest BCUT2D eigenvalue weighted by molar-refractivity contribution is 5.41. The van der Waals surface area contributed by atoms with Crippen molar-refractivity contribution in [2.45, 2.75) is 19.3 Å². The minimum absolute atomic E-state index is 0.766. The maximum atomic E-state index is 5.73. The lowest BCUT2D eigenvalue weighted by molar-refractivity contribution is 0.170. The fraction of sp³-hybridized carbons (Fsp3) is 0.647. The van der Waals surface area contributed by atoms with Gasteiger partial charge in [0.05, 0.1) is 6.61 Å². The van der Waals surface area contributed by atoms with E-state index in [0.29, 0.717) is 0 Å². The van der Waals surface area contributed by atoms with E-state index in [0.717, 1.165) is 36.9 Å². The van der Waals surface area contributed by atoms with E-state index < -0.39 is 0 Å². The van der Waals surface area contributed by atoms with Crippen LogP contribution in [0, 0.1) is 5.92 Å². The van der Waals surface area contributed by atoms with Gasteiger partial charge in [-0.05, 0) is 76.6 Å². The summed E-state index contributed by atoms with van der Waals surface area (Å²) in [5.74, 6) is 1.77. The minimum atomic E-state index is 0.766. The normalized spacial score (nSPS) is 17.3. The van der Waals surface area contributed by atoms with Crippen molar-refractivity contribution in [2.75, 3.05) is 52.6 Å². The summed E-state index contributed by atoms with van der Waals surface area (Å²) in [6, 6.07) is 7.61. The lowest BCUT2D eigenvalue weighted by atomic mass is 9.97. The van der Waals surface area contributed by atoms with E-state index in [4.69, 9.17) is 10.5 Å². The second-order valence-electron chi connectivity index (χ2n) is 6.28. The summed E-state index contributed by atoms with van der Waals surface area (Å²) in [6.07, 6.45) is 3.74. The van der Waals surface area contributed by atoms with Crippen molar-refractivity contribution < 1.29 is 4.74 Å². The van der Waals surface area contributed by atoms with Gasteiger partial charge in [0.25, 0.3) is 0 Å². The average Bonchev–Trinajstić information content (AvgIpc) is 2.48. The van der Waals surface area contributed by atoms with E-state index in [1.807, 2.05) is 24.3 Å². The smallest absolute Gasteiger partial charge is 0.119 e. The Labute approximate surface area is 128 Å². The lowest BCUT2D eigenvalue weighted by Crippen LogP contribution is -2.36. The summed E-state index contributed by atoms with van der Waals surface area (Å²) in [5, 5.41) is 0. The molecule has 1 fully saturated rings. The van der Waals surface area contributed by atoms with Gasteiger partial charge in [0.15, 0.2) is 0 Å². The Morgan fingerprint density at radius 2 is 1.90 bits per heavy atom. The van der Waals surface area contributed by atoms with Gasteiger partial charge in [-0.3, -0.25) is 0 Å². The fourth-order valence-electron chi connectivity index (χ4n) is 2.87. The van der Waals surface area contributed by atoms with Gasteiger partial charge >= 0.3 is 0 Å². The molecule has 0 aliphatic carbocycles. The van der Waals surface area contributed by atoms with Gasteiger partial charge in [0.2, 0.25) is 0 Å². The van der Waals surface area contributed by atoms with Gasteiger partial charge < -0.3 is 20.3 Å². The molecule has 1 heterocycles. The molecule has 118 valence electrons. The van der Waals surface area contributed by atoms with Crippen LogP contribution in [0.4, 0.5) is 5.69 Å². The van der Waals surface area contributed by atoms with E-state index in [1.165, 1.54) is 32.5 Å². The van der Waals surface area contributed by atoms with Gasteiger partial charge in [0.1, 0.15) is 5.75 Å². The van der Waals surface area contributed by atoms with Crippen molar-refractivity contribution in [1.82, 2.24) is 9.80 Å². The van der Waals surface area contributed by atoms with E-state index in [2.05, 4.69) is 23.9 Å². The van der Waals surface area contributed by atoms with Gasteiger partial charge in [0, 0.05) is 18.8 Å². The summed E-state index contributed by atoms with van der Waals surface area (Å²) in [6.45, 7) is 5.58. The number of benzene rings is 1. The number of hydrogen-bond donors (Lipinski definition) is 1. The second kappa shape index (κ2) is 8.25. The largest absolute Gasteiger partial charge is 0.494 e. The maximum Gasteiger partial charge on any atom is 0.119 e. The zero-order valence-electron chi connectivity index (χ0n) is 13.4. The molecule has 1 aliphatic rings. The number of piperidine rings is 1. The van der Waals surface area contributed by atoms with Crippen molar-refractivity contribution in [1.29, 1.82) is 0 Å². The molecule has 0 amide bonds. The molecule has 0 saturated carbocycles. The Balaban J connectivity index is 1.56. The zero-order chi connectivity index (χ0) is 15.1. The molecular formula is C17H29N3O. The molecule has 2 rings (SSSR count). The molecule has 4 nitrogen and oxygen atoms in total. The molecule has 4 heteroatoms. The predicted molar refractivity (Wildman–Crippen MR) is 88.7 cm³/mol. The Bertz CT molecular complexity index is 399. The fourth-order valence-corrected chi connectivity index (χ4v) is 2.87. The van der Waals surface area contributed by atoms with Crippen LogP contribution >= 0.6 is 0 Å². The van der Waals surface area contributed by atoms with E-state index in [9.17, 15) is 0 Å². The van der Waals surface area contributed by atoms with Crippen LogP contribution in [0.3, 0.4) is 0 Å². The van der Waals surface area contributed by atoms with Crippen molar-refractivity contribution in [3.63, 3.8) is 0 Å². The minimum Gasteiger partial charge on any atom is -0.494 e. The monoisotopic (exact) mass is 291 g/mol. The molecule has 2 N–H and O–H groups in total. The molecule has 1 saturated heterocycles. The third kappa shape index (κ3) is 5.94. The van der Waals surface area contributed by atoms with Crippen molar-refractivity contribution in [3.8, 4) is 5.75 Å². The number of ether oxygens (including phenoxy) is 1. The first kappa shape index (κ1) is 16.1. The van der Waals surface area contributed by atoms with Crippen LogP contribution < -0.4 is 10.5 Å². The molecule has 1 aliphatic heterocycles. The molecule has 0 spiro atoms. The van der Waals surface area contributed by atoms with Crippen LogP contribution in [0.15, 0.2) is 24.3 Å². The first-order valence-electron chi connectivity index (χ1n) is 7.99. The quantitative estimate of drug-likeness (QED) is 0.618. The average molecular weight is 291 g/mol. The van der Waals surface area contributed by atoms with E-state index in [-0.39, 0.29) is 0 Å². The van der Waals surface area contributed by atoms with E-state index >= 15 is 0 Å². The first-order valence-corrected chi connectivity index (χ1v) is 7.99. The molecular weight excluding hydrogens is 262 g/mol. The van der Waals surface area contributed by atoms with Crippen LogP contribution in [0.5, 0.6) is 5.75 Å². The summed E-state index contributed by atoms with van der Waals surface area (Å²) < 4.78 is 5.73. The molecule has 0 radical (unpaired) electrons. The topological polar surface area (TPSA) is 41.7 Å². The SMILES string of the molecule is CN1CCC(CN(C)CCCOc2ccc(N)cc2)CC1. The Morgan fingerprint density at radius 3 is 2.57 bits per heavy atom. The van der Waals surface area contributed by atoms with Crippen LogP contribution in [0.25, 0.3) is 0 Å². The number of hydrogen-bond acceptors (Lipinski definition) is 4. The van der Waals surface area contributed by atoms with Gasteiger partial charge in [-0.25, -0.2) is 0 Å². The van der Waals surface area contributed by atoms with Crippen molar-refractivity contribution in [2.24, 2.45) is 5.92 Å². The molecule has 0 aromatic heterocycles. The van der Waals surface area contributed by atoms with Crippen LogP contribution in [-0.4, -0.2) is 56.7 Å². The third-order valence-corrected chi connectivity index (χ3v) is 4.24. The summed E-state index contributed by atoms with van der Waals surface area (Å²) >= 11 is 0. The van der Waals surface area contributed by atoms with Crippen LogP contribution in [-0.2, 0) is 0 Å². The van der Waals surface area contributed by atoms with Gasteiger partial charge in [-0.2, -0.15) is 0 Å². The van der Waals surface area contributed by atoms with Gasteiger partial charge in [-0.1, -0.05) is 0 Å². The lowest BCUT2D eigenvalue weighted by Gasteiger charge is -2.31. The molecule has 21 heavy (non-hydrogen) atoms. The second-order valence-corrected chi connectivity index (χ2v) is 6.28. The third-order valence-electron chi connectivity index (χ3n) is 4.24. The molecule has 1 aromatic rings. The highest BCUT2D eigenvalue weighted by Gasteiger charge is 2.17. The predicted octanol–water partition coefficient (Wildman–Crippen LogP) is 2.31. The van der Waals surface area contributed by atoms with Gasteiger partial charge in [-0.15, -0.1) is 0 Å². The number of likely N-dealkylation sites (tertiary alicyclic amines) is 1. The molecule has 0 bridgehead atoms. The summed E-state index contributed by atoms with van der Waals surface area (Å²) in [5.41, 5.74) is 6.43. The summed E-state index contributed by atoms with van der Waals surface area (Å²) in [4.78, 5) is 4.87. The number of nitrogen functional groups attached to an aromatic ring is 1. The first-order chi connectivity index (χ1) is 10.1. The standard InChI is InChI=1S/C17H29N3O/c1-19-11-8-15(9-12-19)14-20(2)10-3-13-21-17-6-4-16(18)5-7-17/h4-7,15H,3,8-14,18H2,1-2H3. The highest BCUT2D eigenvalue weighted by atomic mass is 16.5. The van der Waals surface area contributed by atoms with Crippen molar-refractivity contribution in [3.05, 3.63) is 24.3 Å². The highest BCUT2D eigenvalue weighted by Crippen LogP contribution is 2.17.